The monoisotopic (exact) mass is 207 g/mol. The van der Waals surface area contributed by atoms with Crippen molar-refractivity contribution in [2.75, 3.05) is 19.8 Å². The van der Waals surface area contributed by atoms with Gasteiger partial charge < -0.3 is 15.2 Å². The molecule has 1 heterocycles. The molecule has 0 amide bonds. The number of aliphatic hydroxyl groups excluding tert-OH is 1. The van der Waals surface area contributed by atoms with Crippen molar-refractivity contribution in [1.82, 2.24) is 5.32 Å². The van der Waals surface area contributed by atoms with E-state index in [9.17, 15) is 5.11 Å². The van der Waals surface area contributed by atoms with Crippen LogP contribution in [0.2, 0.25) is 0 Å². The third-order valence-electron chi connectivity index (χ3n) is 2.75. The lowest BCUT2D eigenvalue weighted by Crippen LogP contribution is -2.23. The Labute approximate surface area is 90.1 Å². The molecule has 15 heavy (non-hydrogen) atoms. The quantitative estimate of drug-likeness (QED) is 0.781. The Kier molecular flexibility index (Phi) is 3.23. The zero-order valence-electron chi connectivity index (χ0n) is 8.99. The minimum Gasteiger partial charge on any atom is -0.493 e. The summed E-state index contributed by atoms with van der Waals surface area (Å²) in [6.07, 6.45) is 0.980. The van der Waals surface area contributed by atoms with Gasteiger partial charge in [0.1, 0.15) is 5.75 Å². The Morgan fingerprint density at radius 3 is 3.13 bits per heavy atom. The van der Waals surface area contributed by atoms with Gasteiger partial charge in [0.15, 0.2) is 0 Å². The van der Waals surface area contributed by atoms with Gasteiger partial charge >= 0.3 is 0 Å². The molecule has 0 spiro atoms. The van der Waals surface area contributed by atoms with E-state index in [-0.39, 0.29) is 12.6 Å². The van der Waals surface area contributed by atoms with Gasteiger partial charge in [-0.3, -0.25) is 0 Å². The van der Waals surface area contributed by atoms with Crippen LogP contribution in [0.15, 0.2) is 18.2 Å². The summed E-state index contributed by atoms with van der Waals surface area (Å²) >= 11 is 0. The van der Waals surface area contributed by atoms with Crippen LogP contribution in [0.25, 0.3) is 0 Å². The average Bonchev–Trinajstić information content (AvgIpc) is 2.72. The summed E-state index contributed by atoms with van der Waals surface area (Å²) in [6.45, 7) is 3.81. The molecule has 1 aliphatic rings. The molecule has 82 valence electrons. The fourth-order valence-corrected chi connectivity index (χ4v) is 1.96. The molecular formula is C12H17NO2. The van der Waals surface area contributed by atoms with Crippen LogP contribution >= 0.6 is 0 Å². The maximum atomic E-state index is 9.27. The number of fused-ring (bicyclic) bond motifs is 1. The Morgan fingerprint density at radius 2 is 2.40 bits per heavy atom. The predicted molar refractivity (Wildman–Crippen MR) is 59.1 cm³/mol. The predicted octanol–water partition coefficient (Wildman–Crippen LogP) is 1.26. The molecule has 0 aromatic heterocycles. The highest BCUT2D eigenvalue weighted by atomic mass is 16.5. The first-order valence-electron chi connectivity index (χ1n) is 5.45. The Hall–Kier alpha value is -1.06. The number of likely N-dealkylation sites (N-methyl/N-ethyl adjacent to an activating group) is 1. The van der Waals surface area contributed by atoms with Crippen molar-refractivity contribution in [1.29, 1.82) is 0 Å². The standard InChI is InChI=1S/C12H17NO2/c1-2-13-11(8-14)9-3-4-12-10(7-9)5-6-15-12/h3-4,7,11,13-14H,2,5-6,8H2,1H3. The number of aliphatic hydroxyl groups is 1. The number of nitrogens with one attached hydrogen (secondary N) is 1. The van der Waals surface area contributed by atoms with Gasteiger partial charge in [0.05, 0.1) is 19.3 Å². The summed E-state index contributed by atoms with van der Waals surface area (Å²) in [5.74, 6) is 0.993. The molecule has 1 aliphatic heterocycles. The molecule has 1 aromatic carbocycles. The Bertz CT molecular complexity index is 338. The maximum absolute atomic E-state index is 9.27. The minimum atomic E-state index is 0.0425. The normalized spacial score (nSPS) is 15.9. The fraction of sp³-hybridized carbons (Fsp3) is 0.500. The van der Waals surface area contributed by atoms with E-state index in [4.69, 9.17) is 4.74 Å². The molecule has 0 saturated heterocycles. The SMILES string of the molecule is CCNC(CO)c1ccc2c(c1)CCO2. The largest absolute Gasteiger partial charge is 0.493 e. The Balaban J connectivity index is 2.20. The van der Waals surface area contributed by atoms with Gasteiger partial charge in [-0.05, 0) is 23.7 Å². The van der Waals surface area contributed by atoms with Crippen LogP contribution in [0.3, 0.4) is 0 Å². The number of rotatable bonds is 4. The summed E-state index contributed by atoms with van der Waals surface area (Å²) in [7, 11) is 0. The second-order valence-corrected chi connectivity index (χ2v) is 3.76. The van der Waals surface area contributed by atoms with E-state index in [1.807, 2.05) is 19.1 Å². The van der Waals surface area contributed by atoms with Crippen LogP contribution in [0.5, 0.6) is 5.75 Å². The van der Waals surface area contributed by atoms with Crippen LogP contribution in [-0.2, 0) is 6.42 Å². The molecule has 1 unspecified atom stereocenters. The van der Waals surface area contributed by atoms with E-state index in [1.54, 1.807) is 0 Å². The molecule has 2 rings (SSSR count). The molecule has 3 heteroatoms. The van der Waals surface area contributed by atoms with E-state index >= 15 is 0 Å². The van der Waals surface area contributed by atoms with Crippen molar-refractivity contribution in [3.8, 4) is 5.75 Å². The highest BCUT2D eigenvalue weighted by Gasteiger charge is 2.15. The van der Waals surface area contributed by atoms with E-state index in [1.165, 1.54) is 5.56 Å². The van der Waals surface area contributed by atoms with E-state index in [2.05, 4.69) is 11.4 Å². The van der Waals surface area contributed by atoms with Gasteiger partial charge in [0, 0.05) is 6.42 Å². The molecule has 1 aromatic rings. The zero-order valence-corrected chi connectivity index (χ0v) is 8.99. The van der Waals surface area contributed by atoms with Crippen molar-refractivity contribution < 1.29 is 9.84 Å². The molecule has 0 fully saturated rings. The minimum absolute atomic E-state index is 0.0425. The Morgan fingerprint density at radius 1 is 1.53 bits per heavy atom. The van der Waals surface area contributed by atoms with Crippen molar-refractivity contribution >= 4 is 0 Å². The van der Waals surface area contributed by atoms with E-state index < -0.39 is 0 Å². The van der Waals surface area contributed by atoms with Gasteiger partial charge in [-0.15, -0.1) is 0 Å². The smallest absolute Gasteiger partial charge is 0.122 e. The van der Waals surface area contributed by atoms with Gasteiger partial charge in [0.25, 0.3) is 0 Å². The van der Waals surface area contributed by atoms with E-state index in [0.29, 0.717) is 0 Å². The second kappa shape index (κ2) is 4.64. The van der Waals surface area contributed by atoms with Crippen LogP contribution < -0.4 is 10.1 Å². The third kappa shape index (κ3) is 2.13. The maximum Gasteiger partial charge on any atom is 0.122 e. The fourth-order valence-electron chi connectivity index (χ4n) is 1.96. The summed E-state index contributed by atoms with van der Waals surface area (Å²) in [6, 6.07) is 6.19. The highest BCUT2D eigenvalue weighted by Crippen LogP contribution is 2.27. The summed E-state index contributed by atoms with van der Waals surface area (Å²) in [5.41, 5.74) is 2.40. The molecule has 2 N–H and O–H groups in total. The van der Waals surface area contributed by atoms with E-state index in [0.717, 1.165) is 30.9 Å². The molecule has 1 atom stereocenters. The van der Waals surface area contributed by atoms with Crippen LogP contribution in [0.1, 0.15) is 24.1 Å². The van der Waals surface area contributed by atoms with Crippen LogP contribution in [-0.4, -0.2) is 24.9 Å². The average molecular weight is 207 g/mol. The second-order valence-electron chi connectivity index (χ2n) is 3.76. The molecule has 3 nitrogen and oxygen atoms in total. The lowest BCUT2D eigenvalue weighted by molar-refractivity contribution is 0.246. The van der Waals surface area contributed by atoms with Gasteiger partial charge in [-0.2, -0.15) is 0 Å². The summed E-state index contributed by atoms with van der Waals surface area (Å²) in [5, 5.41) is 12.5. The molecule has 0 radical (unpaired) electrons. The highest BCUT2D eigenvalue weighted by molar-refractivity contribution is 5.40. The number of hydrogen-bond acceptors (Lipinski definition) is 3. The first kappa shape index (κ1) is 10.5. The summed E-state index contributed by atoms with van der Waals surface area (Å²) in [4.78, 5) is 0. The van der Waals surface area contributed by atoms with Crippen LogP contribution in [0, 0.1) is 0 Å². The topological polar surface area (TPSA) is 41.5 Å². The number of ether oxygens (including phenoxy) is 1. The first-order chi connectivity index (χ1) is 7.35. The number of hydrogen-bond donors (Lipinski definition) is 2. The molecular weight excluding hydrogens is 190 g/mol. The van der Waals surface area contributed by atoms with Crippen molar-refractivity contribution in [3.05, 3.63) is 29.3 Å². The first-order valence-corrected chi connectivity index (χ1v) is 5.45. The molecule has 0 bridgehead atoms. The molecule has 0 saturated carbocycles. The van der Waals surface area contributed by atoms with Crippen LogP contribution in [0.4, 0.5) is 0 Å². The van der Waals surface area contributed by atoms with Gasteiger partial charge in [-0.25, -0.2) is 0 Å². The lowest BCUT2D eigenvalue weighted by atomic mass is 10.0. The lowest BCUT2D eigenvalue weighted by Gasteiger charge is -2.16. The van der Waals surface area contributed by atoms with Crippen molar-refractivity contribution in [2.45, 2.75) is 19.4 Å². The van der Waals surface area contributed by atoms with Gasteiger partial charge in [-0.1, -0.05) is 19.1 Å². The third-order valence-corrected chi connectivity index (χ3v) is 2.75. The summed E-state index contributed by atoms with van der Waals surface area (Å²) < 4.78 is 5.44. The van der Waals surface area contributed by atoms with Gasteiger partial charge in [0.2, 0.25) is 0 Å². The van der Waals surface area contributed by atoms with Crippen molar-refractivity contribution in [2.24, 2.45) is 0 Å². The molecule has 0 aliphatic carbocycles. The number of benzene rings is 1. The zero-order chi connectivity index (χ0) is 10.7. The van der Waals surface area contributed by atoms with Crippen molar-refractivity contribution in [3.63, 3.8) is 0 Å².